The van der Waals surface area contributed by atoms with Gasteiger partial charge in [0.25, 0.3) is 0 Å². The number of aliphatic hydroxyl groups excluding tert-OH is 3. The minimum Gasteiger partial charge on any atom is -0.394 e. The number of hydrogen-bond donors (Lipinski definition) is 3. The Balaban J connectivity index is 2.07. The molecule has 3 N–H and O–H groups in total. The molecule has 1 rings (SSSR count). The van der Waals surface area contributed by atoms with E-state index < -0.39 is 31.0 Å². The third-order valence-corrected chi connectivity index (χ3v) is 3.74. The Morgan fingerprint density at radius 2 is 2.00 bits per heavy atom. The van der Waals surface area contributed by atoms with Crippen LogP contribution < -0.4 is 0 Å². The van der Waals surface area contributed by atoms with Gasteiger partial charge in [-0.1, -0.05) is 38.3 Å². The predicted octanol–water partition coefficient (Wildman–Crippen LogP) is 1.40. The lowest BCUT2D eigenvalue weighted by Crippen LogP contribution is -2.41. The Kier molecular flexibility index (Phi) is 9.87. The first-order valence-electron chi connectivity index (χ1n) is 8.05. The SMILES string of the molecule is CCCCCC/C=C/CCO[C@H]1CO[C@H]([C@H](O)CO)[C@@H]1O. The van der Waals surface area contributed by atoms with E-state index in [0.29, 0.717) is 6.61 Å². The molecule has 0 amide bonds. The molecular formula is C16H30O5. The summed E-state index contributed by atoms with van der Waals surface area (Å²) in [6, 6.07) is 0. The van der Waals surface area contributed by atoms with Gasteiger partial charge in [0.15, 0.2) is 0 Å². The normalized spacial score (nSPS) is 27.5. The molecule has 0 saturated carbocycles. The lowest BCUT2D eigenvalue weighted by Gasteiger charge is -2.20. The highest BCUT2D eigenvalue weighted by molar-refractivity contribution is 4.89. The van der Waals surface area contributed by atoms with E-state index in [0.717, 1.165) is 12.8 Å². The highest BCUT2D eigenvalue weighted by atomic mass is 16.6. The summed E-state index contributed by atoms with van der Waals surface area (Å²) in [5.41, 5.74) is 0. The molecule has 0 radical (unpaired) electrons. The Morgan fingerprint density at radius 3 is 2.71 bits per heavy atom. The third-order valence-electron chi connectivity index (χ3n) is 3.74. The summed E-state index contributed by atoms with van der Waals surface area (Å²) in [6.45, 7) is 2.57. The monoisotopic (exact) mass is 302 g/mol. The Hall–Kier alpha value is -0.460. The van der Waals surface area contributed by atoms with Gasteiger partial charge in [-0.15, -0.1) is 0 Å². The van der Waals surface area contributed by atoms with E-state index >= 15 is 0 Å². The number of ether oxygens (including phenoxy) is 2. The van der Waals surface area contributed by atoms with Crippen LogP contribution in [-0.4, -0.2) is 59.6 Å². The Bertz CT molecular complexity index is 282. The fourth-order valence-corrected chi connectivity index (χ4v) is 2.42. The molecule has 0 spiro atoms. The first-order valence-corrected chi connectivity index (χ1v) is 8.05. The fraction of sp³-hybridized carbons (Fsp3) is 0.875. The molecule has 5 heteroatoms. The number of unbranched alkanes of at least 4 members (excludes halogenated alkanes) is 4. The second kappa shape index (κ2) is 11.2. The van der Waals surface area contributed by atoms with Crippen molar-refractivity contribution in [2.24, 2.45) is 0 Å². The first-order chi connectivity index (χ1) is 10.2. The molecule has 0 aromatic rings. The van der Waals surface area contributed by atoms with E-state index in [1.807, 2.05) is 0 Å². The van der Waals surface area contributed by atoms with Crippen molar-refractivity contribution in [1.82, 2.24) is 0 Å². The topological polar surface area (TPSA) is 79.2 Å². The summed E-state index contributed by atoms with van der Waals surface area (Å²) in [4.78, 5) is 0. The molecule has 1 aliphatic heterocycles. The zero-order valence-electron chi connectivity index (χ0n) is 13.0. The van der Waals surface area contributed by atoms with Gasteiger partial charge in [0.2, 0.25) is 0 Å². The van der Waals surface area contributed by atoms with E-state index in [2.05, 4.69) is 19.1 Å². The highest BCUT2D eigenvalue weighted by Crippen LogP contribution is 2.20. The Morgan fingerprint density at radius 1 is 1.24 bits per heavy atom. The quantitative estimate of drug-likeness (QED) is 0.397. The predicted molar refractivity (Wildman–Crippen MR) is 81.1 cm³/mol. The molecule has 1 heterocycles. The third kappa shape index (κ3) is 6.89. The second-order valence-corrected chi connectivity index (χ2v) is 5.56. The van der Waals surface area contributed by atoms with Crippen LogP contribution in [-0.2, 0) is 9.47 Å². The van der Waals surface area contributed by atoms with Crippen LogP contribution in [0.5, 0.6) is 0 Å². The molecule has 1 fully saturated rings. The summed E-state index contributed by atoms with van der Waals surface area (Å²) in [5, 5.41) is 28.3. The molecule has 124 valence electrons. The summed E-state index contributed by atoms with van der Waals surface area (Å²) >= 11 is 0. The lowest BCUT2D eigenvalue weighted by atomic mass is 10.1. The van der Waals surface area contributed by atoms with Gasteiger partial charge in [-0.3, -0.25) is 0 Å². The number of hydrogen-bond acceptors (Lipinski definition) is 5. The molecule has 0 bridgehead atoms. The van der Waals surface area contributed by atoms with Gasteiger partial charge < -0.3 is 24.8 Å². The van der Waals surface area contributed by atoms with E-state index in [-0.39, 0.29) is 6.61 Å². The van der Waals surface area contributed by atoms with Crippen molar-refractivity contribution < 1.29 is 24.8 Å². The maximum atomic E-state index is 9.93. The first kappa shape index (κ1) is 18.6. The number of allylic oxidation sites excluding steroid dienone is 1. The molecule has 5 nitrogen and oxygen atoms in total. The summed E-state index contributed by atoms with van der Waals surface area (Å²) in [6.07, 6.45) is 8.17. The van der Waals surface area contributed by atoms with Crippen LogP contribution in [0.2, 0.25) is 0 Å². The maximum absolute atomic E-state index is 9.93. The van der Waals surface area contributed by atoms with Crippen LogP contribution >= 0.6 is 0 Å². The molecule has 0 aromatic carbocycles. The average molecular weight is 302 g/mol. The van der Waals surface area contributed by atoms with Gasteiger partial charge >= 0.3 is 0 Å². The average Bonchev–Trinajstić information content (AvgIpc) is 2.86. The molecule has 0 aromatic heterocycles. The van der Waals surface area contributed by atoms with E-state index in [1.54, 1.807) is 0 Å². The largest absolute Gasteiger partial charge is 0.394 e. The Labute approximate surface area is 127 Å². The van der Waals surface area contributed by atoms with Crippen LogP contribution in [0.1, 0.15) is 45.4 Å². The minimum atomic E-state index is -1.06. The van der Waals surface area contributed by atoms with Crippen molar-refractivity contribution >= 4 is 0 Å². The van der Waals surface area contributed by atoms with Gasteiger partial charge in [-0.05, 0) is 19.3 Å². The number of rotatable bonds is 11. The summed E-state index contributed by atoms with van der Waals surface area (Å²) < 4.78 is 10.8. The van der Waals surface area contributed by atoms with Gasteiger partial charge in [0, 0.05) is 0 Å². The van der Waals surface area contributed by atoms with Crippen molar-refractivity contribution in [3.63, 3.8) is 0 Å². The van der Waals surface area contributed by atoms with Crippen molar-refractivity contribution in [2.75, 3.05) is 19.8 Å². The molecular weight excluding hydrogens is 272 g/mol. The molecule has 0 aliphatic carbocycles. The van der Waals surface area contributed by atoms with Gasteiger partial charge in [-0.2, -0.15) is 0 Å². The van der Waals surface area contributed by atoms with Crippen LogP contribution in [0.15, 0.2) is 12.2 Å². The van der Waals surface area contributed by atoms with Gasteiger partial charge in [0.1, 0.15) is 24.4 Å². The van der Waals surface area contributed by atoms with Crippen molar-refractivity contribution in [1.29, 1.82) is 0 Å². The zero-order valence-corrected chi connectivity index (χ0v) is 13.0. The smallest absolute Gasteiger partial charge is 0.114 e. The molecule has 1 saturated heterocycles. The van der Waals surface area contributed by atoms with E-state index in [4.69, 9.17) is 14.6 Å². The van der Waals surface area contributed by atoms with Crippen LogP contribution in [0, 0.1) is 0 Å². The number of aliphatic hydroxyl groups is 3. The molecule has 4 atom stereocenters. The van der Waals surface area contributed by atoms with Crippen LogP contribution in [0.3, 0.4) is 0 Å². The lowest BCUT2D eigenvalue weighted by molar-refractivity contribution is -0.0726. The van der Waals surface area contributed by atoms with E-state index in [9.17, 15) is 10.2 Å². The summed E-state index contributed by atoms with van der Waals surface area (Å²) in [7, 11) is 0. The van der Waals surface area contributed by atoms with Gasteiger partial charge in [0.05, 0.1) is 19.8 Å². The van der Waals surface area contributed by atoms with E-state index in [1.165, 1.54) is 25.7 Å². The van der Waals surface area contributed by atoms with Crippen molar-refractivity contribution in [3.8, 4) is 0 Å². The fourth-order valence-electron chi connectivity index (χ4n) is 2.42. The minimum absolute atomic E-state index is 0.254. The summed E-state index contributed by atoms with van der Waals surface area (Å²) in [5.74, 6) is 0. The maximum Gasteiger partial charge on any atom is 0.114 e. The standard InChI is InChI=1S/C16H30O5/c1-2-3-4-5-6-7-8-9-10-20-14-12-21-16(15(14)19)13(18)11-17/h7-8,13-19H,2-6,9-12H2,1H3/b8-7+/t13-,14+,15-,16-/m1/s1. The second-order valence-electron chi connectivity index (χ2n) is 5.56. The van der Waals surface area contributed by atoms with Crippen molar-refractivity contribution in [3.05, 3.63) is 12.2 Å². The highest BCUT2D eigenvalue weighted by Gasteiger charge is 2.40. The molecule has 0 unspecified atom stereocenters. The zero-order chi connectivity index (χ0) is 15.5. The van der Waals surface area contributed by atoms with Crippen LogP contribution in [0.4, 0.5) is 0 Å². The molecule has 21 heavy (non-hydrogen) atoms. The molecule has 1 aliphatic rings. The van der Waals surface area contributed by atoms with Crippen molar-refractivity contribution in [2.45, 2.75) is 69.9 Å². The van der Waals surface area contributed by atoms with Gasteiger partial charge in [-0.25, -0.2) is 0 Å². The van der Waals surface area contributed by atoms with Crippen LogP contribution in [0.25, 0.3) is 0 Å².